The lowest BCUT2D eigenvalue weighted by molar-refractivity contribution is 0.454. The predicted octanol–water partition coefficient (Wildman–Crippen LogP) is 4.10. The highest BCUT2D eigenvalue weighted by Gasteiger charge is 2.04. The minimum atomic E-state index is 0.619. The molecule has 0 amide bonds. The largest absolute Gasteiger partial charge is 0.373 e. The maximum Gasteiger partial charge on any atom is 0.0364 e. The lowest BCUT2D eigenvalue weighted by Crippen LogP contribution is -2.34. The summed E-state index contributed by atoms with van der Waals surface area (Å²) < 4.78 is 0. The third kappa shape index (κ3) is 6.42. The maximum atomic E-state index is 3.62. The van der Waals surface area contributed by atoms with Gasteiger partial charge in [-0.3, -0.25) is 0 Å². The van der Waals surface area contributed by atoms with Gasteiger partial charge >= 0.3 is 0 Å². The molecule has 20 heavy (non-hydrogen) atoms. The van der Waals surface area contributed by atoms with Crippen molar-refractivity contribution in [3.63, 3.8) is 0 Å². The van der Waals surface area contributed by atoms with Crippen LogP contribution in [0.3, 0.4) is 0 Å². The van der Waals surface area contributed by atoms with Crippen LogP contribution in [0.5, 0.6) is 0 Å². The van der Waals surface area contributed by atoms with Crippen LogP contribution < -0.4 is 10.2 Å². The first-order valence-corrected chi connectivity index (χ1v) is 8.06. The van der Waals surface area contributed by atoms with Crippen LogP contribution in [0.2, 0.25) is 0 Å². The van der Waals surface area contributed by atoms with E-state index in [1.807, 2.05) is 0 Å². The van der Waals surface area contributed by atoms with E-state index in [0.29, 0.717) is 6.04 Å². The lowest BCUT2D eigenvalue weighted by atomic mass is 10.0. The molecule has 1 atom stereocenters. The summed E-state index contributed by atoms with van der Waals surface area (Å²) in [6.07, 6.45) is 3.69. The van der Waals surface area contributed by atoms with Gasteiger partial charge in [-0.1, -0.05) is 32.9 Å². The molecule has 0 aliphatic heterocycles. The van der Waals surface area contributed by atoms with Crippen LogP contribution in [0, 0.1) is 5.92 Å². The number of nitrogens with zero attached hydrogens (tertiary/aromatic N) is 1. The van der Waals surface area contributed by atoms with E-state index >= 15 is 0 Å². The Balaban J connectivity index is 2.26. The molecule has 0 saturated heterocycles. The summed E-state index contributed by atoms with van der Waals surface area (Å²) in [6, 6.07) is 9.52. The van der Waals surface area contributed by atoms with E-state index in [2.05, 4.69) is 69.2 Å². The van der Waals surface area contributed by atoms with Crippen LogP contribution in [-0.2, 0) is 6.42 Å². The van der Waals surface area contributed by atoms with Crippen LogP contribution >= 0.6 is 0 Å². The highest BCUT2D eigenvalue weighted by molar-refractivity contribution is 5.46. The van der Waals surface area contributed by atoms with E-state index in [0.717, 1.165) is 25.4 Å². The molecule has 1 unspecified atom stereocenters. The van der Waals surface area contributed by atoms with Gasteiger partial charge in [0.2, 0.25) is 0 Å². The fraction of sp³-hybridized carbons (Fsp3) is 0.667. The molecular formula is C18H32N2. The number of benzene rings is 1. The quantitative estimate of drug-likeness (QED) is 0.730. The molecule has 1 N–H and O–H groups in total. The summed E-state index contributed by atoms with van der Waals surface area (Å²) in [5, 5.41) is 3.62. The minimum absolute atomic E-state index is 0.619. The van der Waals surface area contributed by atoms with Crippen molar-refractivity contribution >= 4 is 5.69 Å². The molecule has 0 radical (unpaired) electrons. The normalized spacial score (nSPS) is 12.7. The van der Waals surface area contributed by atoms with Crippen molar-refractivity contribution in [3.8, 4) is 0 Å². The van der Waals surface area contributed by atoms with Gasteiger partial charge in [0.05, 0.1) is 0 Å². The molecule has 0 bridgehead atoms. The summed E-state index contributed by atoms with van der Waals surface area (Å²) in [7, 11) is 2.17. The molecule has 1 aromatic carbocycles. The first-order valence-electron chi connectivity index (χ1n) is 8.06. The number of nitrogens with one attached hydrogen (secondary N) is 1. The highest BCUT2D eigenvalue weighted by Crippen LogP contribution is 2.13. The highest BCUT2D eigenvalue weighted by atomic mass is 15.1. The van der Waals surface area contributed by atoms with Gasteiger partial charge < -0.3 is 10.2 Å². The van der Waals surface area contributed by atoms with Crippen LogP contribution in [0.25, 0.3) is 0 Å². The zero-order valence-corrected chi connectivity index (χ0v) is 13.9. The minimum Gasteiger partial charge on any atom is -0.373 e. The van der Waals surface area contributed by atoms with E-state index in [4.69, 9.17) is 0 Å². The second-order valence-corrected chi connectivity index (χ2v) is 6.27. The molecule has 1 rings (SSSR count). The molecule has 114 valence electrons. The Labute approximate surface area is 125 Å². The van der Waals surface area contributed by atoms with E-state index in [1.165, 1.54) is 24.1 Å². The van der Waals surface area contributed by atoms with Gasteiger partial charge in [0.1, 0.15) is 0 Å². The van der Waals surface area contributed by atoms with Crippen molar-refractivity contribution in [1.82, 2.24) is 5.32 Å². The van der Waals surface area contributed by atoms with E-state index in [1.54, 1.807) is 0 Å². The molecule has 0 aliphatic carbocycles. The fourth-order valence-corrected chi connectivity index (χ4v) is 2.28. The van der Waals surface area contributed by atoms with Crippen LogP contribution in [-0.4, -0.2) is 26.2 Å². The fourth-order valence-electron chi connectivity index (χ4n) is 2.28. The van der Waals surface area contributed by atoms with E-state index < -0.39 is 0 Å². The second kappa shape index (κ2) is 9.02. The SMILES string of the molecule is CCc1ccc(N(C)CCNC(C)CCC(C)C)cc1. The van der Waals surface area contributed by atoms with Crippen molar-refractivity contribution in [2.75, 3.05) is 25.0 Å². The average Bonchev–Trinajstić information content (AvgIpc) is 2.45. The molecule has 0 spiro atoms. The lowest BCUT2D eigenvalue weighted by Gasteiger charge is -2.22. The first-order chi connectivity index (χ1) is 9.52. The first kappa shape index (κ1) is 17.0. The number of hydrogen-bond donors (Lipinski definition) is 1. The molecule has 0 heterocycles. The zero-order chi connectivity index (χ0) is 15.0. The molecule has 2 heteroatoms. The summed E-state index contributed by atoms with van der Waals surface area (Å²) in [4.78, 5) is 2.32. The van der Waals surface area contributed by atoms with Gasteiger partial charge in [-0.25, -0.2) is 0 Å². The summed E-state index contributed by atoms with van der Waals surface area (Å²) in [5.74, 6) is 0.805. The molecular weight excluding hydrogens is 244 g/mol. The number of rotatable bonds is 9. The number of hydrogen-bond acceptors (Lipinski definition) is 2. The van der Waals surface area contributed by atoms with Gasteiger partial charge in [-0.15, -0.1) is 0 Å². The van der Waals surface area contributed by atoms with Crippen molar-refractivity contribution in [1.29, 1.82) is 0 Å². The standard InChI is InChI=1S/C18H32N2/c1-6-17-9-11-18(12-10-17)20(5)14-13-19-16(4)8-7-15(2)3/h9-12,15-16,19H,6-8,13-14H2,1-5H3. The van der Waals surface area contributed by atoms with Crippen molar-refractivity contribution in [3.05, 3.63) is 29.8 Å². The third-order valence-corrected chi connectivity index (χ3v) is 3.90. The van der Waals surface area contributed by atoms with E-state index in [-0.39, 0.29) is 0 Å². The number of likely N-dealkylation sites (N-methyl/N-ethyl adjacent to an activating group) is 1. The van der Waals surface area contributed by atoms with Crippen LogP contribution in [0.15, 0.2) is 24.3 Å². The number of aryl methyl sites for hydroxylation is 1. The third-order valence-electron chi connectivity index (χ3n) is 3.90. The smallest absolute Gasteiger partial charge is 0.0364 e. The van der Waals surface area contributed by atoms with Crippen molar-refractivity contribution in [2.24, 2.45) is 5.92 Å². The Morgan fingerprint density at radius 3 is 2.25 bits per heavy atom. The van der Waals surface area contributed by atoms with Gasteiger partial charge in [0.25, 0.3) is 0 Å². The second-order valence-electron chi connectivity index (χ2n) is 6.27. The monoisotopic (exact) mass is 276 g/mol. The topological polar surface area (TPSA) is 15.3 Å². The molecule has 1 aromatic rings. The maximum absolute atomic E-state index is 3.62. The average molecular weight is 276 g/mol. The Hall–Kier alpha value is -1.02. The van der Waals surface area contributed by atoms with E-state index in [9.17, 15) is 0 Å². The molecule has 0 aromatic heterocycles. The van der Waals surface area contributed by atoms with Crippen LogP contribution in [0.1, 0.15) is 46.1 Å². The Morgan fingerprint density at radius 1 is 1.05 bits per heavy atom. The Bertz CT molecular complexity index is 356. The Kier molecular flexibility index (Phi) is 7.68. The molecule has 0 aliphatic rings. The van der Waals surface area contributed by atoms with Gasteiger partial charge in [-0.05, 0) is 49.8 Å². The summed E-state index contributed by atoms with van der Waals surface area (Å²) in [5.41, 5.74) is 2.71. The molecule has 0 fully saturated rings. The summed E-state index contributed by atoms with van der Waals surface area (Å²) in [6.45, 7) is 11.2. The van der Waals surface area contributed by atoms with Crippen molar-refractivity contribution < 1.29 is 0 Å². The molecule has 2 nitrogen and oxygen atoms in total. The van der Waals surface area contributed by atoms with Gasteiger partial charge in [-0.2, -0.15) is 0 Å². The van der Waals surface area contributed by atoms with Gasteiger partial charge in [0, 0.05) is 31.9 Å². The Morgan fingerprint density at radius 2 is 1.70 bits per heavy atom. The van der Waals surface area contributed by atoms with Gasteiger partial charge in [0.15, 0.2) is 0 Å². The predicted molar refractivity (Wildman–Crippen MR) is 90.6 cm³/mol. The van der Waals surface area contributed by atoms with Crippen LogP contribution in [0.4, 0.5) is 5.69 Å². The number of anilines is 1. The molecule has 0 saturated carbocycles. The summed E-state index contributed by atoms with van der Waals surface area (Å²) >= 11 is 0. The van der Waals surface area contributed by atoms with Crippen molar-refractivity contribution in [2.45, 2.75) is 53.0 Å². The zero-order valence-electron chi connectivity index (χ0n) is 13.9.